The third-order valence-corrected chi connectivity index (χ3v) is 2.14. The van der Waals surface area contributed by atoms with Crippen molar-refractivity contribution < 1.29 is 5.11 Å². The van der Waals surface area contributed by atoms with E-state index in [1.807, 2.05) is 18.2 Å². The molecule has 0 aliphatic rings. The summed E-state index contributed by atoms with van der Waals surface area (Å²) in [6, 6.07) is 7.66. The Balaban J connectivity index is 2.89. The molecule has 2 nitrogen and oxygen atoms in total. The zero-order valence-electron chi connectivity index (χ0n) is 7.20. The van der Waals surface area contributed by atoms with Gasteiger partial charge in [-0.25, -0.2) is 0 Å². The number of aliphatic hydroxyl groups excluding tert-OH is 1. The lowest BCUT2D eigenvalue weighted by Gasteiger charge is -2.05. The van der Waals surface area contributed by atoms with Crippen LogP contribution in [-0.2, 0) is 13.0 Å². The summed E-state index contributed by atoms with van der Waals surface area (Å²) in [7, 11) is 0. The van der Waals surface area contributed by atoms with Gasteiger partial charge in [-0.1, -0.05) is 6.07 Å². The highest BCUT2D eigenvalue weighted by molar-refractivity contribution is 7.80. The Morgan fingerprint density at radius 1 is 1.38 bits per heavy atom. The second-order valence-electron chi connectivity index (χ2n) is 2.77. The van der Waals surface area contributed by atoms with Gasteiger partial charge in [0.25, 0.3) is 0 Å². The number of hydrogen-bond donors (Lipinski definition) is 2. The van der Waals surface area contributed by atoms with Crippen LogP contribution in [0.3, 0.4) is 0 Å². The molecule has 3 heteroatoms. The lowest BCUT2D eigenvalue weighted by Crippen LogP contribution is -1.93. The number of rotatable bonds is 3. The van der Waals surface area contributed by atoms with Gasteiger partial charge in [0.2, 0.25) is 0 Å². The van der Waals surface area contributed by atoms with E-state index in [2.05, 4.69) is 18.7 Å². The van der Waals surface area contributed by atoms with Crippen LogP contribution in [0.4, 0.5) is 0 Å². The standard InChI is InChI=1S/C10H11NOS/c11-5-1-2-8-6-10(13)4-3-9(8)7-12/h3-4,6,12-13H,1-2,7H2. The Bertz CT molecular complexity index is 330. The molecule has 0 amide bonds. The summed E-state index contributed by atoms with van der Waals surface area (Å²) in [6.45, 7) is 0.0226. The number of thiol groups is 1. The van der Waals surface area contributed by atoms with E-state index in [-0.39, 0.29) is 6.61 Å². The van der Waals surface area contributed by atoms with Gasteiger partial charge >= 0.3 is 0 Å². The molecule has 68 valence electrons. The fourth-order valence-corrected chi connectivity index (χ4v) is 1.42. The highest BCUT2D eigenvalue weighted by atomic mass is 32.1. The van der Waals surface area contributed by atoms with Gasteiger partial charge in [-0.3, -0.25) is 0 Å². The molecule has 0 unspecified atom stereocenters. The van der Waals surface area contributed by atoms with Crippen molar-refractivity contribution in [2.75, 3.05) is 0 Å². The van der Waals surface area contributed by atoms with Gasteiger partial charge in [0.1, 0.15) is 0 Å². The molecule has 13 heavy (non-hydrogen) atoms. The zero-order valence-corrected chi connectivity index (χ0v) is 8.09. The predicted octanol–water partition coefficient (Wildman–Crippen LogP) is 1.92. The molecule has 0 saturated carbocycles. The number of aryl methyl sites for hydroxylation is 1. The quantitative estimate of drug-likeness (QED) is 0.720. The molecule has 0 aliphatic heterocycles. The van der Waals surface area contributed by atoms with E-state index in [1.54, 1.807) is 0 Å². The van der Waals surface area contributed by atoms with E-state index in [4.69, 9.17) is 10.4 Å². The van der Waals surface area contributed by atoms with Gasteiger partial charge < -0.3 is 5.11 Å². The first kappa shape index (κ1) is 10.1. The van der Waals surface area contributed by atoms with Gasteiger partial charge in [0.15, 0.2) is 0 Å². The molecule has 0 heterocycles. The summed E-state index contributed by atoms with van der Waals surface area (Å²) < 4.78 is 0. The van der Waals surface area contributed by atoms with Crippen LogP contribution in [0.5, 0.6) is 0 Å². The number of aliphatic hydroxyl groups is 1. The average Bonchev–Trinajstić information content (AvgIpc) is 2.15. The maximum atomic E-state index is 9.00. The van der Waals surface area contributed by atoms with Crippen LogP contribution in [0.2, 0.25) is 0 Å². The van der Waals surface area contributed by atoms with Crippen molar-refractivity contribution in [2.45, 2.75) is 24.3 Å². The van der Waals surface area contributed by atoms with Crippen molar-refractivity contribution in [3.8, 4) is 6.07 Å². The molecule has 0 aliphatic carbocycles. The van der Waals surface area contributed by atoms with E-state index in [0.29, 0.717) is 12.8 Å². The Morgan fingerprint density at radius 2 is 2.15 bits per heavy atom. The molecule has 0 spiro atoms. The zero-order chi connectivity index (χ0) is 9.68. The molecule has 0 atom stereocenters. The number of nitriles is 1. The van der Waals surface area contributed by atoms with Crippen molar-refractivity contribution in [1.82, 2.24) is 0 Å². The molecule has 0 saturated heterocycles. The van der Waals surface area contributed by atoms with Crippen molar-refractivity contribution in [2.24, 2.45) is 0 Å². The van der Waals surface area contributed by atoms with Crippen LogP contribution < -0.4 is 0 Å². The minimum atomic E-state index is 0.0226. The van der Waals surface area contributed by atoms with E-state index in [0.717, 1.165) is 16.0 Å². The van der Waals surface area contributed by atoms with E-state index in [1.165, 1.54) is 0 Å². The van der Waals surface area contributed by atoms with Crippen molar-refractivity contribution >= 4 is 12.6 Å². The number of benzene rings is 1. The summed E-state index contributed by atoms with van der Waals surface area (Å²) in [4.78, 5) is 0.866. The van der Waals surface area contributed by atoms with Crippen molar-refractivity contribution in [1.29, 1.82) is 5.26 Å². The van der Waals surface area contributed by atoms with Crippen LogP contribution in [0, 0.1) is 11.3 Å². The highest BCUT2D eigenvalue weighted by Crippen LogP contribution is 2.16. The van der Waals surface area contributed by atoms with Crippen molar-refractivity contribution in [3.63, 3.8) is 0 Å². The summed E-state index contributed by atoms with van der Waals surface area (Å²) in [5.41, 5.74) is 1.89. The second kappa shape index (κ2) is 4.90. The minimum Gasteiger partial charge on any atom is -0.392 e. The van der Waals surface area contributed by atoms with Gasteiger partial charge in [-0.2, -0.15) is 5.26 Å². The molecule has 0 radical (unpaired) electrons. The average molecular weight is 193 g/mol. The van der Waals surface area contributed by atoms with E-state index < -0.39 is 0 Å². The Morgan fingerprint density at radius 3 is 2.77 bits per heavy atom. The van der Waals surface area contributed by atoms with Crippen molar-refractivity contribution in [3.05, 3.63) is 29.3 Å². The molecule has 0 fully saturated rings. The van der Waals surface area contributed by atoms with E-state index in [9.17, 15) is 0 Å². The van der Waals surface area contributed by atoms with E-state index >= 15 is 0 Å². The second-order valence-corrected chi connectivity index (χ2v) is 3.29. The van der Waals surface area contributed by atoms with Crippen LogP contribution in [-0.4, -0.2) is 5.11 Å². The summed E-state index contributed by atoms with van der Waals surface area (Å²) in [6.07, 6.45) is 1.16. The normalized spacial score (nSPS) is 9.62. The summed E-state index contributed by atoms with van der Waals surface area (Å²) >= 11 is 4.20. The SMILES string of the molecule is N#CCCc1cc(S)ccc1CO. The fourth-order valence-electron chi connectivity index (χ4n) is 1.19. The third-order valence-electron chi connectivity index (χ3n) is 1.87. The predicted molar refractivity (Wildman–Crippen MR) is 53.6 cm³/mol. The summed E-state index contributed by atoms with van der Waals surface area (Å²) in [5, 5.41) is 17.4. The molecule has 1 rings (SSSR count). The topological polar surface area (TPSA) is 44.0 Å². The molecular weight excluding hydrogens is 182 g/mol. The Hall–Kier alpha value is -0.980. The van der Waals surface area contributed by atoms with Gasteiger partial charge in [0.05, 0.1) is 12.7 Å². The number of hydrogen-bond acceptors (Lipinski definition) is 3. The van der Waals surface area contributed by atoms with Gasteiger partial charge in [-0.05, 0) is 29.7 Å². The Labute approximate surface area is 83.2 Å². The van der Waals surface area contributed by atoms with Crippen LogP contribution in [0.1, 0.15) is 17.5 Å². The minimum absolute atomic E-state index is 0.0226. The maximum Gasteiger partial charge on any atom is 0.0684 e. The van der Waals surface area contributed by atoms with Gasteiger partial charge in [0, 0.05) is 11.3 Å². The smallest absolute Gasteiger partial charge is 0.0684 e. The first-order valence-corrected chi connectivity index (χ1v) is 4.51. The monoisotopic (exact) mass is 193 g/mol. The molecule has 1 N–H and O–H groups in total. The first-order valence-electron chi connectivity index (χ1n) is 4.06. The lowest BCUT2D eigenvalue weighted by molar-refractivity contribution is 0.280. The molecular formula is C10H11NOS. The van der Waals surface area contributed by atoms with Crippen LogP contribution >= 0.6 is 12.6 Å². The third kappa shape index (κ3) is 2.76. The summed E-state index contributed by atoms with van der Waals surface area (Å²) in [5.74, 6) is 0. The molecule has 0 aromatic heterocycles. The lowest BCUT2D eigenvalue weighted by atomic mass is 10.0. The largest absolute Gasteiger partial charge is 0.392 e. The maximum absolute atomic E-state index is 9.00. The van der Waals surface area contributed by atoms with Gasteiger partial charge in [-0.15, -0.1) is 12.6 Å². The fraction of sp³-hybridized carbons (Fsp3) is 0.300. The molecule has 1 aromatic carbocycles. The molecule has 1 aromatic rings. The highest BCUT2D eigenvalue weighted by Gasteiger charge is 2.01. The van der Waals surface area contributed by atoms with Crippen LogP contribution in [0.15, 0.2) is 23.1 Å². The first-order chi connectivity index (χ1) is 6.27. The Kier molecular flexibility index (Phi) is 3.81. The van der Waals surface area contributed by atoms with Crippen LogP contribution in [0.25, 0.3) is 0 Å². The molecule has 0 bridgehead atoms. The number of nitrogens with zero attached hydrogens (tertiary/aromatic N) is 1.